The Morgan fingerprint density at radius 3 is 1.76 bits per heavy atom. The van der Waals surface area contributed by atoms with Crippen molar-refractivity contribution in [1.29, 1.82) is 5.41 Å². The summed E-state index contributed by atoms with van der Waals surface area (Å²) < 4.78 is 32.4. The monoisotopic (exact) mass is 828 g/mol. The Hall–Kier alpha value is -5.20. The highest BCUT2D eigenvalue weighted by Gasteiger charge is 2.31. The van der Waals surface area contributed by atoms with Crippen LogP contribution >= 0.6 is 0 Å². The maximum atomic E-state index is 14.2. The molecule has 5 heterocycles. The van der Waals surface area contributed by atoms with Gasteiger partial charge < -0.3 is 36.8 Å². The number of carbonyl (C=O) groups excluding carboxylic acids is 4. The lowest BCUT2D eigenvalue weighted by Crippen LogP contribution is -2.57. The molecular weight excluding hydrogens is 773 g/mol. The second-order valence-corrected chi connectivity index (χ2v) is 17.1. The molecule has 9 N–H and O–H groups in total. The van der Waals surface area contributed by atoms with Gasteiger partial charge in [0.25, 0.3) is 10.2 Å². The van der Waals surface area contributed by atoms with Crippen molar-refractivity contribution < 1.29 is 27.6 Å². The largest absolute Gasteiger partial charge is 0.384 e. The number of nitrogen functional groups attached to an aromatic ring is 1. The zero-order chi connectivity index (χ0) is 41.8. The van der Waals surface area contributed by atoms with E-state index in [0.717, 1.165) is 51.0 Å². The highest BCUT2D eigenvalue weighted by atomic mass is 32.2. The molecule has 3 aromatic carbocycles. The number of anilines is 2. The molecule has 17 heteroatoms. The van der Waals surface area contributed by atoms with Gasteiger partial charge in [0.15, 0.2) is 0 Å². The number of piperazine rings is 1. The molecule has 9 rings (SSSR count). The van der Waals surface area contributed by atoms with Crippen molar-refractivity contribution in [3.63, 3.8) is 0 Å². The van der Waals surface area contributed by atoms with Crippen molar-refractivity contribution in [2.24, 2.45) is 5.73 Å². The van der Waals surface area contributed by atoms with Crippen LogP contribution in [-0.2, 0) is 48.8 Å². The van der Waals surface area contributed by atoms with E-state index in [1.54, 1.807) is 72.8 Å². The average molecular weight is 829 g/mol. The SMILES string of the molecule is N=C(N)c1ccc(CNC(=O)[C@@H]2Cc3ccc(cc3)NC(=O)CCN3CCN(CCC(=O)Nc4ccc(cc4)C[C@@H](NS(=O)(=O)NC4CCCCC4)C(=O)N2)CC3)cc1. The molecule has 1 aliphatic carbocycles. The lowest BCUT2D eigenvalue weighted by molar-refractivity contribution is -0.129. The Morgan fingerprint density at radius 1 is 0.712 bits per heavy atom. The number of fused-ring (bicyclic) bond motifs is 3. The fourth-order valence-corrected chi connectivity index (χ4v) is 8.88. The summed E-state index contributed by atoms with van der Waals surface area (Å²) in [5.41, 5.74) is 9.37. The molecule has 1 saturated carbocycles. The summed E-state index contributed by atoms with van der Waals surface area (Å²) in [5.74, 6) is -1.54. The van der Waals surface area contributed by atoms with Crippen molar-refractivity contribution in [2.75, 3.05) is 49.9 Å². The lowest BCUT2D eigenvalue weighted by atomic mass is 9.96. The number of benzene rings is 3. The van der Waals surface area contributed by atoms with Gasteiger partial charge in [-0.25, -0.2) is 0 Å². The van der Waals surface area contributed by atoms with E-state index in [-0.39, 0.29) is 43.1 Å². The van der Waals surface area contributed by atoms with Crippen LogP contribution in [0.1, 0.15) is 67.2 Å². The number of rotatable bonds is 8. The minimum atomic E-state index is -4.15. The molecule has 59 heavy (non-hydrogen) atoms. The molecule has 0 aromatic heterocycles. The average Bonchev–Trinajstić information content (AvgIpc) is 3.22. The summed E-state index contributed by atoms with van der Waals surface area (Å²) in [6.07, 6.45) is 4.89. The normalized spacial score (nSPS) is 22.9. The molecule has 16 nitrogen and oxygen atoms in total. The van der Waals surface area contributed by atoms with Gasteiger partial charge in [0.2, 0.25) is 23.6 Å². The molecule has 0 unspecified atom stereocenters. The van der Waals surface area contributed by atoms with Gasteiger partial charge in [0.05, 0.1) is 0 Å². The molecule has 3 aromatic rings. The third kappa shape index (κ3) is 13.7. The summed E-state index contributed by atoms with van der Waals surface area (Å²) in [7, 11) is -4.15. The fraction of sp³-hybridized carbons (Fsp3) is 0.452. The number of nitrogens with one attached hydrogen (secondary N) is 7. The van der Waals surface area contributed by atoms with E-state index >= 15 is 0 Å². The highest BCUT2D eigenvalue weighted by Crippen LogP contribution is 2.19. The van der Waals surface area contributed by atoms with Crippen LogP contribution in [0, 0.1) is 5.41 Å². The van der Waals surface area contributed by atoms with Crippen LogP contribution < -0.4 is 36.4 Å². The first-order valence-electron chi connectivity index (χ1n) is 20.4. The molecule has 2 atom stereocenters. The van der Waals surface area contributed by atoms with Crippen molar-refractivity contribution in [2.45, 2.75) is 82.5 Å². The number of nitrogens with zero attached hydrogens (tertiary/aromatic N) is 2. The zero-order valence-corrected chi connectivity index (χ0v) is 34.1. The quantitative estimate of drug-likeness (QED) is 0.122. The van der Waals surface area contributed by atoms with Crippen molar-refractivity contribution in [3.05, 3.63) is 95.1 Å². The number of nitrogens with two attached hydrogens (primary N) is 1. The van der Waals surface area contributed by atoms with Gasteiger partial charge in [-0.05, 0) is 60.2 Å². The van der Waals surface area contributed by atoms with Crippen LogP contribution in [0.3, 0.4) is 0 Å². The molecule has 1 saturated heterocycles. The first-order valence-corrected chi connectivity index (χ1v) is 21.9. The van der Waals surface area contributed by atoms with Crippen molar-refractivity contribution >= 4 is 51.0 Å². The maximum absolute atomic E-state index is 14.2. The molecule has 4 amide bonds. The minimum Gasteiger partial charge on any atom is -0.384 e. The Bertz CT molecular complexity index is 2030. The summed E-state index contributed by atoms with van der Waals surface area (Å²) >= 11 is 0. The number of amidine groups is 1. The van der Waals surface area contributed by atoms with Gasteiger partial charge in [-0.3, -0.25) is 24.6 Å². The highest BCUT2D eigenvalue weighted by molar-refractivity contribution is 7.87. The minimum absolute atomic E-state index is 0.0388. The summed E-state index contributed by atoms with van der Waals surface area (Å²) in [5, 5.41) is 19.2. The molecule has 0 spiro atoms. The van der Waals surface area contributed by atoms with E-state index in [9.17, 15) is 27.6 Å². The predicted octanol–water partition coefficient (Wildman–Crippen LogP) is 1.97. The van der Waals surface area contributed by atoms with Crippen LogP contribution in [0.5, 0.6) is 0 Å². The van der Waals surface area contributed by atoms with E-state index in [2.05, 4.69) is 40.5 Å². The van der Waals surface area contributed by atoms with E-state index in [4.69, 9.17) is 11.1 Å². The molecule has 0 radical (unpaired) electrons. The molecule has 5 aliphatic heterocycles. The number of amides is 4. The van der Waals surface area contributed by atoms with E-state index in [0.29, 0.717) is 66.8 Å². The van der Waals surface area contributed by atoms with Gasteiger partial charge in [0.1, 0.15) is 17.9 Å². The number of carbonyl (C=O) groups is 4. The molecular formula is C42H56N10O6S. The van der Waals surface area contributed by atoms with E-state index in [1.807, 2.05) is 0 Å². The molecule has 6 aliphatic rings. The molecule has 316 valence electrons. The third-order valence-electron chi connectivity index (χ3n) is 11.0. The van der Waals surface area contributed by atoms with Gasteiger partial charge in [-0.2, -0.15) is 17.9 Å². The second kappa shape index (κ2) is 20.7. The summed E-state index contributed by atoms with van der Waals surface area (Å²) in [6.45, 7) is 4.54. The van der Waals surface area contributed by atoms with Gasteiger partial charge >= 0.3 is 0 Å². The van der Waals surface area contributed by atoms with Gasteiger partial charge in [0, 0.05) is 88.1 Å². The predicted molar refractivity (Wildman–Crippen MR) is 227 cm³/mol. The first-order chi connectivity index (χ1) is 28.4. The van der Waals surface area contributed by atoms with E-state index in [1.165, 1.54) is 0 Å². The Balaban J connectivity index is 1.25. The van der Waals surface area contributed by atoms with E-state index < -0.39 is 34.1 Å². The Morgan fingerprint density at radius 2 is 1.24 bits per heavy atom. The maximum Gasteiger partial charge on any atom is 0.277 e. The van der Waals surface area contributed by atoms with Gasteiger partial charge in [-0.15, -0.1) is 0 Å². The lowest BCUT2D eigenvalue weighted by Gasteiger charge is -2.34. The van der Waals surface area contributed by atoms with Crippen LogP contribution in [0.2, 0.25) is 0 Å². The zero-order valence-electron chi connectivity index (χ0n) is 33.3. The fourth-order valence-electron chi connectivity index (χ4n) is 7.57. The van der Waals surface area contributed by atoms with Crippen molar-refractivity contribution in [1.82, 2.24) is 29.9 Å². The molecule has 2 fully saturated rings. The third-order valence-corrected chi connectivity index (χ3v) is 12.3. The van der Waals surface area contributed by atoms with Crippen molar-refractivity contribution in [3.8, 4) is 0 Å². The van der Waals surface area contributed by atoms with Crippen LogP contribution in [0.25, 0.3) is 0 Å². The Kier molecular flexibility index (Phi) is 15.2. The molecule has 6 bridgehead atoms. The number of hydrogen-bond acceptors (Lipinski definition) is 9. The van der Waals surface area contributed by atoms with Crippen LogP contribution in [-0.4, -0.2) is 105 Å². The smallest absolute Gasteiger partial charge is 0.277 e. The topological polar surface area (TPSA) is 231 Å². The second-order valence-electron chi connectivity index (χ2n) is 15.6. The van der Waals surface area contributed by atoms with Crippen LogP contribution in [0.15, 0.2) is 72.8 Å². The first kappa shape index (κ1) is 43.4. The summed E-state index contributed by atoms with van der Waals surface area (Å²) in [4.78, 5) is 58.4. The van der Waals surface area contributed by atoms with Gasteiger partial charge in [-0.1, -0.05) is 67.8 Å². The summed E-state index contributed by atoms with van der Waals surface area (Å²) in [6, 6.07) is 18.1. The standard InChI is InChI=1S/C42H56N10O6S/c43-40(44)32-12-6-31(7-13-32)28-45-41(55)36-26-29-8-14-33(15-9-29)46-38(53)18-20-51-22-24-52(25-23-51)21-19-39(54)47-34-16-10-30(11-17-34)27-37(42(56)48-36)50-59(57,58)49-35-4-2-1-3-5-35/h6-17,35-37,49-50H,1-5,18-28H2,(H3,43,44)(H,45,55)(H,46,53)(H,47,54)(H,48,56)/t36-,37+/m0/s1. The van der Waals surface area contributed by atoms with Crippen LogP contribution in [0.4, 0.5) is 11.4 Å². The number of hydrogen-bond donors (Lipinski definition) is 8. The Labute approximate surface area is 346 Å².